The third kappa shape index (κ3) is 4.05. The van der Waals surface area contributed by atoms with Crippen molar-refractivity contribution in [3.63, 3.8) is 0 Å². The summed E-state index contributed by atoms with van der Waals surface area (Å²) in [5.74, 6) is 1.11. The molecule has 8 heteroatoms. The van der Waals surface area contributed by atoms with Gasteiger partial charge in [0.05, 0.1) is 12.1 Å². The van der Waals surface area contributed by atoms with Crippen LogP contribution in [-0.2, 0) is 14.3 Å². The summed E-state index contributed by atoms with van der Waals surface area (Å²) in [5, 5.41) is 0. The maximum absolute atomic E-state index is 13.0. The summed E-state index contributed by atoms with van der Waals surface area (Å²) in [5.41, 5.74) is 0. The van der Waals surface area contributed by atoms with Crippen molar-refractivity contribution in [3.05, 3.63) is 18.6 Å². The second-order valence-corrected chi connectivity index (χ2v) is 7.50. The van der Waals surface area contributed by atoms with Gasteiger partial charge in [0.15, 0.2) is 0 Å². The van der Waals surface area contributed by atoms with E-state index in [4.69, 9.17) is 4.74 Å². The van der Waals surface area contributed by atoms with Crippen molar-refractivity contribution in [2.45, 2.75) is 31.8 Å². The van der Waals surface area contributed by atoms with Gasteiger partial charge in [-0.05, 0) is 25.7 Å². The van der Waals surface area contributed by atoms with Crippen molar-refractivity contribution >= 4 is 17.6 Å². The quantitative estimate of drug-likeness (QED) is 0.770. The fourth-order valence-corrected chi connectivity index (χ4v) is 4.22. The maximum Gasteiger partial charge on any atom is 0.251 e. The van der Waals surface area contributed by atoms with Crippen LogP contribution in [-0.4, -0.2) is 83.6 Å². The van der Waals surface area contributed by atoms with E-state index >= 15 is 0 Å². The van der Waals surface area contributed by atoms with Gasteiger partial charge in [-0.3, -0.25) is 14.6 Å². The highest BCUT2D eigenvalue weighted by atomic mass is 16.5. The molecule has 3 fully saturated rings. The third-order valence-corrected chi connectivity index (χ3v) is 5.75. The monoisotopic (exact) mass is 373 g/mol. The Morgan fingerprint density at radius 1 is 0.963 bits per heavy atom. The molecule has 0 aromatic carbocycles. The topological polar surface area (TPSA) is 78.9 Å². The molecule has 0 bridgehead atoms. The molecule has 0 saturated carbocycles. The number of ether oxygens (including phenoxy) is 1. The molecule has 4 rings (SSSR count). The molecule has 0 radical (unpaired) electrons. The molecular weight excluding hydrogens is 346 g/mol. The molecule has 2 atom stereocenters. The maximum atomic E-state index is 13.0. The van der Waals surface area contributed by atoms with E-state index in [0.717, 1.165) is 38.0 Å². The van der Waals surface area contributed by atoms with E-state index in [1.165, 1.54) is 0 Å². The molecule has 1 aromatic heterocycles. The van der Waals surface area contributed by atoms with Crippen LogP contribution in [0.3, 0.4) is 0 Å². The van der Waals surface area contributed by atoms with Gasteiger partial charge in [-0.1, -0.05) is 0 Å². The van der Waals surface area contributed by atoms with E-state index in [9.17, 15) is 9.59 Å². The zero-order valence-corrected chi connectivity index (χ0v) is 15.6. The summed E-state index contributed by atoms with van der Waals surface area (Å²) in [6, 6.07) is 0. The van der Waals surface area contributed by atoms with Crippen LogP contribution in [0.1, 0.15) is 25.7 Å². The van der Waals surface area contributed by atoms with Gasteiger partial charge in [-0.2, -0.15) is 0 Å². The number of carbonyl (C=O) groups is 2. The van der Waals surface area contributed by atoms with Crippen molar-refractivity contribution in [2.75, 3.05) is 50.8 Å². The first kappa shape index (κ1) is 18.2. The van der Waals surface area contributed by atoms with Crippen molar-refractivity contribution < 1.29 is 14.3 Å². The smallest absolute Gasteiger partial charge is 0.251 e. The molecule has 0 aliphatic carbocycles. The van der Waals surface area contributed by atoms with Gasteiger partial charge in [-0.25, -0.2) is 4.98 Å². The zero-order chi connectivity index (χ0) is 18.6. The predicted molar refractivity (Wildman–Crippen MR) is 99.1 cm³/mol. The summed E-state index contributed by atoms with van der Waals surface area (Å²) in [6.45, 7) is 4.70. The molecule has 1 aromatic rings. The van der Waals surface area contributed by atoms with E-state index in [0.29, 0.717) is 39.3 Å². The first-order valence-corrected chi connectivity index (χ1v) is 9.92. The lowest BCUT2D eigenvalue weighted by Gasteiger charge is -2.39. The fraction of sp³-hybridized carbons (Fsp3) is 0.684. The lowest BCUT2D eigenvalue weighted by atomic mass is 9.96. The number of nitrogens with zero attached hydrogens (tertiary/aromatic N) is 5. The number of piperidine rings is 1. The van der Waals surface area contributed by atoms with Crippen LogP contribution in [0.4, 0.5) is 5.82 Å². The van der Waals surface area contributed by atoms with E-state index in [1.807, 2.05) is 9.80 Å². The number of amides is 2. The SMILES string of the molecule is O=C(C1CCCN(c2cnccn2)C1)N1CCN(C(=O)C2CCCO2)CC1. The lowest BCUT2D eigenvalue weighted by Crippen LogP contribution is -2.55. The summed E-state index contributed by atoms with van der Waals surface area (Å²) in [7, 11) is 0. The first-order chi connectivity index (χ1) is 13.2. The third-order valence-electron chi connectivity index (χ3n) is 5.75. The molecule has 2 amide bonds. The molecule has 3 aliphatic rings. The van der Waals surface area contributed by atoms with Gasteiger partial charge in [0.1, 0.15) is 11.9 Å². The van der Waals surface area contributed by atoms with Crippen LogP contribution < -0.4 is 4.90 Å². The Hall–Kier alpha value is -2.22. The zero-order valence-electron chi connectivity index (χ0n) is 15.6. The minimum atomic E-state index is -0.272. The summed E-state index contributed by atoms with van der Waals surface area (Å²) in [6.07, 6.45) is 8.48. The van der Waals surface area contributed by atoms with E-state index < -0.39 is 0 Å². The Bertz CT molecular complexity index is 657. The molecular formula is C19H27N5O3. The minimum Gasteiger partial charge on any atom is -0.368 e. The van der Waals surface area contributed by atoms with Gasteiger partial charge >= 0.3 is 0 Å². The Morgan fingerprint density at radius 2 is 1.74 bits per heavy atom. The van der Waals surface area contributed by atoms with Gasteiger partial charge < -0.3 is 19.4 Å². The van der Waals surface area contributed by atoms with Gasteiger partial charge in [-0.15, -0.1) is 0 Å². The normalized spacial score (nSPS) is 26.3. The van der Waals surface area contributed by atoms with Crippen LogP contribution in [0.15, 0.2) is 18.6 Å². The number of rotatable bonds is 3. The van der Waals surface area contributed by atoms with Gasteiger partial charge in [0.2, 0.25) is 5.91 Å². The van der Waals surface area contributed by atoms with E-state index in [2.05, 4.69) is 14.9 Å². The highest BCUT2D eigenvalue weighted by molar-refractivity contribution is 5.82. The largest absolute Gasteiger partial charge is 0.368 e. The number of piperazine rings is 1. The van der Waals surface area contributed by atoms with Gasteiger partial charge in [0.25, 0.3) is 5.91 Å². The van der Waals surface area contributed by atoms with Crippen molar-refractivity contribution in [1.82, 2.24) is 19.8 Å². The highest BCUT2D eigenvalue weighted by Gasteiger charge is 2.34. The van der Waals surface area contributed by atoms with Crippen LogP contribution >= 0.6 is 0 Å². The Kier molecular flexibility index (Phi) is 5.52. The second kappa shape index (κ2) is 8.21. The lowest BCUT2D eigenvalue weighted by molar-refractivity contribution is -0.147. The highest BCUT2D eigenvalue weighted by Crippen LogP contribution is 2.23. The summed E-state index contributed by atoms with van der Waals surface area (Å²) >= 11 is 0. The average Bonchev–Trinajstić information content (AvgIpc) is 3.28. The molecule has 3 saturated heterocycles. The molecule has 3 aliphatic heterocycles. The predicted octanol–water partition coefficient (Wildman–Crippen LogP) is 0.543. The number of carbonyl (C=O) groups excluding carboxylic acids is 2. The first-order valence-electron chi connectivity index (χ1n) is 9.92. The summed E-state index contributed by atoms with van der Waals surface area (Å²) in [4.78, 5) is 39.9. The van der Waals surface area contributed by atoms with E-state index in [1.54, 1.807) is 18.6 Å². The number of anilines is 1. The number of hydrogen-bond acceptors (Lipinski definition) is 6. The van der Waals surface area contributed by atoms with Gasteiger partial charge in [0, 0.05) is 58.3 Å². The molecule has 146 valence electrons. The van der Waals surface area contributed by atoms with Crippen LogP contribution in [0, 0.1) is 5.92 Å². The molecule has 0 N–H and O–H groups in total. The minimum absolute atomic E-state index is 0.0128. The molecule has 4 heterocycles. The Balaban J connectivity index is 1.30. The molecule has 27 heavy (non-hydrogen) atoms. The molecule has 0 spiro atoms. The average molecular weight is 373 g/mol. The molecule has 8 nitrogen and oxygen atoms in total. The number of aromatic nitrogens is 2. The van der Waals surface area contributed by atoms with E-state index in [-0.39, 0.29) is 23.8 Å². The second-order valence-electron chi connectivity index (χ2n) is 7.50. The Morgan fingerprint density at radius 3 is 2.41 bits per heavy atom. The fourth-order valence-electron chi connectivity index (χ4n) is 4.22. The van der Waals surface area contributed by atoms with Crippen LogP contribution in [0.2, 0.25) is 0 Å². The summed E-state index contributed by atoms with van der Waals surface area (Å²) < 4.78 is 5.50. The van der Waals surface area contributed by atoms with Crippen molar-refractivity contribution in [1.29, 1.82) is 0 Å². The number of hydrogen-bond donors (Lipinski definition) is 0. The van der Waals surface area contributed by atoms with Crippen molar-refractivity contribution in [2.24, 2.45) is 5.92 Å². The Labute approximate surface area is 159 Å². The van der Waals surface area contributed by atoms with Crippen molar-refractivity contribution in [3.8, 4) is 0 Å². The standard InChI is InChI=1S/C19H27N5O3/c25-18(15-3-1-7-24(14-15)17-13-20-5-6-21-17)22-8-10-23(11-9-22)19(26)16-4-2-12-27-16/h5-6,13,15-16H,1-4,7-12,14H2. The molecule has 2 unspecified atom stereocenters. The van der Waals surface area contributed by atoms with Crippen LogP contribution in [0.5, 0.6) is 0 Å². The van der Waals surface area contributed by atoms with Crippen LogP contribution in [0.25, 0.3) is 0 Å².